The fourth-order valence-electron chi connectivity index (χ4n) is 2.39. The van der Waals surface area contributed by atoms with Gasteiger partial charge in [0.15, 0.2) is 0 Å². The first kappa shape index (κ1) is 18.5. The number of nitrogens with one attached hydrogen (secondary N) is 2. The summed E-state index contributed by atoms with van der Waals surface area (Å²) in [4.78, 5) is 28.8. The maximum absolute atomic E-state index is 13.2. The highest BCUT2D eigenvalue weighted by Crippen LogP contribution is 2.23. The van der Waals surface area contributed by atoms with E-state index in [2.05, 4.69) is 15.6 Å². The van der Waals surface area contributed by atoms with Crippen LogP contribution < -0.4 is 10.6 Å². The van der Waals surface area contributed by atoms with Crippen LogP contribution in [0.1, 0.15) is 26.4 Å². The molecule has 2 aromatic carbocycles. The van der Waals surface area contributed by atoms with E-state index in [0.29, 0.717) is 16.4 Å². The van der Waals surface area contributed by atoms with Gasteiger partial charge in [0.2, 0.25) is 0 Å². The van der Waals surface area contributed by atoms with Crippen molar-refractivity contribution in [2.75, 3.05) is 10.6 Å². The van der Waals surface area contributed by atoms with E-state index < -0.39 is 17.6 Å². The SMILES string of the molecule is Cc1c(Cl)cccc1NC(=O)c1cc(C(=O)Nc2cccc(F)c2)ccn1. The summed E-state index contributed by atoms with van der Waals surface area (Å²) in [6, 6.07) is 13.5. The van der Waals surface area contributed by atoms with Gasteiger partial charge in [-0.05, 0) is 55.0 Å². The van der Waals surface area contributed by atoms with Crippen LogP contribution in [0.3, 0.4) is 0 Å². The van der Waals surface area contributed by atoms with E-state index in [1.807, 2.05) is 0 Å². The highest BCUT2D eigenvalue weighted by molar-refractivity contribution is 6.31. The molecule has 0 radical (unpaired) electrons. The quantitative estimate of drug-likeness (QED) is 0.686. The molecule has 1 aromatic heterocycles. The number of carbonyl (C=O) groups excluding carboxylic acids is 2. The highest BCUT2D eigenvalue weighted by Gasteiger charge is 2.14. The molecule has 0 saturated carbocycles. The van der Waals surface area contributed by atoms with Gasteiger partial charge in [0.1, 0.15) is 11.5 Å². The summed E-state index contributed by atoms with van der Waals surface area (Å²) in [5, 5.41) is 5.83. The molecule has 3 aromatic rings. The number of carbonyl (C=O) groups is 2. The number of nitrogens with zero attached hydrogens (tertiary/aromatic N) is 1. The molecule has 0 spiro atoms. The van der Waals surface area contributed by atoms with Gasteiger partial charge in [-0.2, -0.15) is 0 Å². The summed E-state index contributed by atoms with van der Waals surface area (Å²) in [5.41, 5.74) is 1.90. The second-order valence-electron chi connectivity index (χ2n) is 5.76. The maximum atomic E-state index is 13.2. The number of aromatic nitrogens is 1. The van der Waals surface area contributed by atoms with Crippen LogP contribution in [0.15, 0.2) is 60.8 Å². The Morgan fingerprint density at radius 3 is 2.56 bits per heavy atom. The van der Waals surface area contributed by atoms with E-state index in [4.69, 9.17) is 11.6 Å². The first-order valence-electron chi connectivity index (χ1n) is 8.03. The summed E-state index contributed by atoms with van der Waals surface area (Å²) in [5.74, 6) is -1.41. The molecule has 0 aliphatic carbocycles. The first-order chi connectivity index (χ1) is 12.9. The van der Waals surface area contributed by atoms with Crippen molar-refractivity contribution in [2.24, 2.45) is 0 Å². The van der Waals surface area contributed by atoms with E-state index in [0.717, 1.165) is 5.56 Å². The normalized spacial score (nSPS) is 10.3. The predicted octanol–water partition coefficient (Wildman–Crippen LogP) is 4.69. The Balaban J connectivity index is 1.77. The van der Waals surface area contributed by atoms with Gasteiger partial charge in [-0.1, -0.05) is 23.7 Å². The zero-order chi connectivity index (χ0) is 19.4. The third-order valence-electron chi connectivity index (χ3n) is 3.85. The lowest BCUT2D eigenvalue weighted by molar-refractivity contribution is 0.102. The predicted molar refractivity (Wildman–Crippen MR) is 103 cm³/mol. The van der Waals surface area contributed by atoms with Crippen LogP contribution >= 0.6 is 11.6 Å². The molecular formula is C20H15ClFN3O2. The van der Waals surface area contributed by atoms with Crippen LogP contribution in [0.4, 0.5) is 15.8 Å². The third-order valence-corrected chi connectivity index (χ3v) is 4.26. The molecule has 0 aliphatic rings. The molecular weight excluding hydrogens is 369 g/mol. The number of amides is 2. The van der Waals surface area contributed by atoms with Crippen molar-refractivity contribution >= 4 is 34.8 Å². The summed E-state index contributed by atoms with van der Waals surface area (Å²) in [7, 11) is 0. The lowest BCUT2D eigenvalue weighted by Gasteiger charge is -2.10. The van der Waals surface area contributed by atoms with Crippen LogP contribution in [0.2, 0.25) is 5.02 Å². The zero-order valence-electron chi connectivity index (χ0n) is 14.3. The molecule has 5 nitrogen and oxygen atoms in total. The number of hydrogen-bond acceptors (Lipinski definition) is 3. The number of halogens is 2. The van der Waals surface area contributed by atoms with Crippen molar-refractivity contribution in [1.82, 2.24) is 4.98 Å². The summed E-state index contributed by atoms with van der Waals surface area (Å²) >= 11 is 6.05. The lowest BCUT2D eigenvalue weighted by Crippen LogP contribution is -2.17. The zero-order valence-corrected chi connectivity index (χ0v) is 15.0. The Bertz CT molecular complexity index is 1020. The first-order valence-corrected chi connectivity index (χ1v) is 8.41. The number of anilines is 2. The third kappa shape index (κ3) is 4.48. The van der Waals surface area contributed by atoms with E-state index in [9.17, 15) is 14.0 Å². The summed E-state index contributed by atoms with van der Waals surface area (Å²) in [6.07, 6.45) is 1.36. The average Bonchev–Trinajstić information content (AvgIpc) is 2.65. The molecule has 7 heteroatoms. The van der Waals surface area contributed by atoms with Gasteiger partial charge < -0.3 is 10.6 Å². The average molecular weight is 384 g/mol. The van der Waals surface area contributed by atoms with Gasteiger partial charge in [-0.15, -0.1) is 0 Å². The Labute approximate surface area is 160 Å². The second kappa shape index (κ2) is 7.97. The van der Waals surface area contributed by atoms with Crippen LogP contribution in [0.25, 0.3) is 0 Å². The van der Waals surface area contributed by atoms with Crippen molar-refractivity contribution in [2.45, 2.75) is 6.92 Å². The van der Waals surface area contributed by atoms with Crippen LogP contribution in [0, 0.1) is 12.7 Å². The van der Waals surface area contributed by atoms with Gasteiger partial charge in [-0.25, -0.2) is 4.39 Å². The number of benzene rings is 2. The molecule has 0 atom stereocenters. The van der Waals surface area contributed by atoms with Crippen molar-refractivity contribution in [1.29, 1.82) is 0 Å². The van der Waals surface area contributed by atoms with E-state index in [1.165, 1.54) is 36.5 Å². The van der Waals surface area contributed by atoms with Crippen molar-refractivity contribution in [3.8, 4) is 0 Å². The molecule has 0 aliphatic heterocycles. The smallest absolute Gasteiger partial charge is 0.274 e. The Hall–Kier alpha value is -3.25. The molecule has 2 amide bonds. The highest BCUT2D eigenvalue weighted by atomic mass is 35.5. The van der Waals surface area contributed by atoms with Crippen LogP contribution in [0.5, 0.6) is 0 Å². The van der Waals surface area contributed by atoms with Gasteiger partial charge in [0.05, 0.1) is 0 Å². The maximum Gasteiger partial charge on any atom is 0.274 e. The largest absolute Gasteiger partial charge is 0.322 e. The van der Waals surface area contributed by atoms with Gasteiger partial charge in [-0.3, -0.25) is 14.6 Å². The minimum Gasteiger partial charge on any atom is -0.322 e. The van der Waals surface area contributed by atoms with E-state index in [1.54, 1.807) is 31.2 Å². The number of hydrogen-bond donors (Lipinski definition) is 2. The van der Waals surface area contributed by atoms with Crippen LogP contribution in [-0.4, -0.2) is 16.8 Å². The van der Waals surface area contributed by atoms with Gasteiger partial charge in [0, 0.05) is 28.2 Å². The monoisotopic (exact) mass is 383 g/mol. The molecule has 2 N–H and O–H groups in total. The van der Waals surface area contributed by atoms with E-state index >= 15 is 0 Å². The Morgan fingerprint density at radius 1 is 1.00 bits per heavy atom. The Morgan fingerprint density at radius 2 is 1.78 bits per heavy atom. The van der Waals surface area contributed by atoms with Gasteiger partial charge in [0.25, 0.3) is 11.8 Å². The fraction of sp³-hybridized carbons (Fsp3) is 0.0500. The van der Waals surface area contributed by atoms with Gasteiger partial charge >= 0.3 is 0 Å². The molecule has 136 valence electrons. The fourth-order valence-corrected chi connectivity index (χ4v) is 2.57. The topological polar surface area (TPSA) is 71.1 Å². The summed E-state index contributed by atoms with van der Waals surface area (Å²) < 4.78 is 13.2. The minimum atomic E-state index is -0.476. The van der Waals surface area contributed by atoms with Crippen LogP contribution in [-0.2, 0) is 0 Å². The second-order valence-corrected chi connectivity index (χ2v) is 6.17. The standard InChI is InChI=1S/C20H15ClFN3O2/c1-12-16(21)6-3-7-17(12)25-20(27)18-10-13(8-9-23-18)19(26)24-15-5-2-4-14(22)11-15/h2-11H,1H3,(H,24,26)(H,25,27). The molecule has 1 heterocycles. The molecule has 0 unspecified atom stereocenters. The van der Waals surface area contributed by atoms with Crippen molar-refractivity contribution in [3.05, 3.63) is 88.5 Å². The minimum absolute atomic E-state index is 0.0706. The Kier molecular flexibility index (Phi) is 5.47. The van der Waals surface area contributed by atoms with Crippen molar-refractivity contribution < 1.29 is 14.0 Å². The molecule has 27 heavy (non-hydrogen) atoms. The number of rotatable bonds is 4. The molecule has 0 fully saturated rings. The molecule has 3 rings (SSSR count). The lowest BCUT2D eigenvalue weighted by atomic mass is 10.1. The van der Waals surface area contributed by atoms with E-state index in [-0.39, 0.29) is 11.3 Å². The molecule has 0 saturated heterocycles. The number of pyridine rings is 1. The molecule has 0 bridgehead atoms. The van der Waals surface area contributed by atoms with Crippen molar-refractivity contribution in [3.63, 3.8) is 0 Å². The summed E-state index contributed by atoms with van der Waals surface area (Å²) in [6.45, 7) is 1.79.